The number of amidine groups is 1. The number of likely N-dealkylation sites (N-methyl/N-ethyl adjacent to an activating group) is 1. The van der Waals surface area contributed by atoms with Crippen molar-refractivity contribution in [3.05, 3.63) is 60.2 Å². The fraction of sp³-hybridized carbons (Fsp3) is 0.316. The third kappa shape index (κ3) is 4.36. The van der Waals surface area contributed by atoms with Gasteiger partial charge in [-0.25, -0.2) is 0 Å². The first kappa shape index (κ1) is 16.1. The fourth-order valence-electron chi connectivity index (χ4n) is 2.73. The van der Waals surface area contributed by atoms with Crippen LogP contribution >= 0.6 is 11.8 Å². The molecule has 0 spiro atoms. The predicted octanol–water partition coefficient (Wildman–Crippen LogP) is 3.60. The maximum Gasteiger partial charge on any atom is 0.100 e. The van der Waals surface area contributed by atoms with Crippen LogP contribution in [0.1, 0.15) is 5.56 Å². The van der Waals surface area contributed by atoms with Crippen molar-refractivity contribution in [2.45, 2.75) is 16.2 Å². The van der Waals surface area contributed by atoms with Crippen molar-refractivity contribution in [3.8, 4) is 0 Å². The average molecular weight is 325 g/mol. The highest BCUT2D eigenvalue weighted by molar-refractivity contribution is 7.99. The minimum Gasteiger partial charge on any atom is -0.358 e. The van der Waals surface area contributed by atoms with Crippen LogP contribution in [0.3, 0.4) is 0 Å². The summed E-state index contributed by atoms with van der Waals surface area (Å²) in [5, 5.41) is 8.46. The van der Waals surface area contributed by atoms with E-state index in [-0.39, 0.29) is 0 Å². The normalized spacial score (nSPS) is 15.6. The smallest absolute Gasteiger partial charge is 0.100 e. The minimum atomic E-state index is 0.708. The van der Waals surface area contributed by atoms with E-state index in [4.69, 9.17) is 5.41 Å². The second kappa shape index (κ2) is 7.66. The van der Waals surface area contributed by atoms with Gasteiger partial charge < -0.3 is 9.80 Å². The van der Waals surface area contributed by atoms with Crippen molar-refractivity contribution >= 4 is 17.6 Å². The molecule has 1 saturated heterocycles. The van der Waals surface area contributed by atoms with Gasteiger partial charge in [-0.1, -0.05) is 48.2 Å². The SMILES string of the molecule is CN1CCN(C(=N)Cc2ccccc2Sc2ccccc2)CC1. The summed E-state index contributed by atoms with van der Waals surface area (Å²) in [4.78, 5) is 7.02. The molecule has 0 radical (unpaired) electrons. The lowest BCUT2D eigenvalue weighted by Crippen LogP contribution is -2.47. The van der Waals surface area contributed by atoms with Gasteiger partial charge in [-0.05, 0) is 30.8 Å². The van der Waals surface area contributed by atoms with Crippen LogP contribution in [0.5, 0.6) is 0 Å². The topological polar surface area (TPSA) is 30.3 Å². The van der Waals surface area contributed by atoms with Crippen LogP contribution in [0.15, 0.2) is 64.4 Å². The Balaban J connectivity index is 1.69. The van der Waals surface area contributed by atoms with Gasteiger partial charge in [-0.2, -0.15) is 0 Å². The zero-order chi connectivity index (χ0) is 16.1. The lowest BCUT2D eigenvalue weighted by molar-refractivity contribution is 0.213. The number of nitrogens with one attached hydrogen (secondary N) is 1. The van der Waals surface area contributed by atoms with E-state index in [1.165, 1.54) is 15.4 Å². The number of hydrogen-bond donors (Lipinski definition) is 1. The predicted molar refractivity (Wildman–Crippen MR) is 97.5 cm³/mol. The van der Waals surface area contributed by atoms with Crippen LogP contribution in [0.25, 0.3) is 0 Å². The van der Waals surface area contributed by atoms with Gasteiger partial charge in [0.25, 0.3) is 0 Å². The average Bonchev–Trinajstić information content (AvgIpc) is 2.58. The summed E-state index contributed by atoms with van der Waals surface area (Å²) < 4.78 is 0. The van der Waals surface area contributed by atoms with Crippen molar-refractivity contribution in [1.82, 2.24) is 9.80 Å². The van der Waals surface area contributed by atoms with Crippen LogP contribution in [0, 0.1) is 5.41 Å². The first-order valence-electron chi connectivity index (χ1n) is 8.04. The number of piperazine rings is 1. The third-order valence-electron chi connectivity index (χ3n) is 4.19. The molecule has 0 amide bonds. The van der Waals surface area contributed by atoms with E-state index in [2.05, 4.69) is 65.4 Å². The molecule has 1 aliphatic rings. The molecule has 2 aromatic carbocycles. The molecule has 0 aromatic heterocycles. The van der Waals surface area contributed by atoms with Crippen LogP contribution in [-0.2, 0) is 6.42 Å². The lowest BCUT2D eigenvalue weighted by atomic mass is 10.1. The van der Waals surface area contributed by atoms with Crippen LogP contribution in [-0.4, -0.2) is 48.9 Å². The van der Waals surface area contributed by atoms with Crippen LogP contribution in [0.2, 0.25) is 0 Å². The summed E-state index contributed by atoms with van der Waals surface area (Å²) >= 11 is 1.78. The first-order valence-corrected chi connectivity index (χ1v) is 8.86. The Hall–Kier alpha value is -1.78. The van der Waals surface area contributed by atoms with Gasteiger partial charge in [0.1, 0.15) is 5.84 Å². The third-order valence-corrected chi connectivity index (χ3v) is 5.31. The molecular formula is C19H23N3S. The maximum atomic E-state index is 8.46. The monoisotopic (exact) mass is 325 g/mol. The van der Waals surface area contributed by atoms with Crippen molar-refractivity contribution in [2.75, 3.05) is 33.2 Å². The lowest BCUT2D eigenvalue weighted by Gasteiger charge is -2.34. The van der Waals surface area contributed by atoms with E-state index >= 15 is 0 Å². The van der Waals surface area contributed by atoms with E-state index in [1.54, 1.807) is 11.8 Å². The molecule has 1 aliphatic heterocycles. The molecule has 2 aromatic rings. The Bertz CT molecular complexity index is 649. The van der Waals surface area contributed by atoms with E-state index < -0.39 is 0 Å². The molecule has 23 heavy (non-hydrogen) atoms. The minimum absolute atomic E-state index is 0.708. The number of rotatable bonds is 4. The molecule has 3 nitrogen and oxygen atoms in total. The van der Waals surface area contributed by atoms with Gasteiger partial charge in [0.05, 0.1) is 0 Å². The number of nitrogens with zero attached hydrogens (tertiary/aromatic N) is 2. The van der Waals surface area contributed by atoms with Gasteiger partial charge in [0.15, 0.2) is 0 Å². The summed E-state index contributed by atoms with van der Waals surface area (Å²) in [6.07, 6.45) is 0.708. The van der Waals surface area contributed by atoms with Crippen LogP contribution < -0.4 is 0 Å². The summed E-state index contributed by atoms with van der Waals surface area (Å²) in [6.45, 7) is 4.01. The Labute approximate surface area is 142 Å². The van der Waals surface area contributed by atoms with E-state index in [9.17, 15) is 0 Å². The standard InChI is InChI=1S/C19H23N3S/c1-21-11-13-22(14-12-21)19(20)15-16-7-5-6-10-18(16)23-17-8-3-2-4-9-17/h2-10,20H,11-15H2,1H3. The molecule has 120 valence electrons. The van der Waals surface area contributed by atoms with Gasteiger partial charge in [0, 0.05) is 42.4 Å². The van der Waals surface area contributed by atoms with Crippen molar-refractivity contribution in [1.29, 1.82) is 5.41 Å². The summed E-state index contributed by atoms with van der Waals surface area (Å²) in [5.41, 5.74) is 1.24. The van der Waals surface area contributed by atoms with Gasteiger partial charge in [0.2, 0.25) is 0 Å². The second-order valence-corrected chi connectivity index (χ2v) is 7.05. The van der Waals surface area contributed by atoms with Crippen molar-refractivity contribution in [3.63, 3.8) is 0 Å². The van der Waals surface area contributed by atoms with Crippen molar-refractivity contribution < 1.29 is 0 Å². The highest BCUT2D eigenvalue weighted by atomic mass is 32.2. The highest BCUT2D eigenvalue weighted by Gasteiger charge is 2.17. The van der Waals surface area contributed by atoms with Gasteiger partial charge >= 0.3 is 0 Å². The fourth-order valence-corrected chi connectivity index (χ4v) is 3.70. The quantitative estimate of drug-likeness (QED) is 0.688. The zero-order valence-corrected chi connectivity index (χ0v) is 14.4. The van der Waals surface area contributed by atoms with Crippen LogP contribution in [0.4, 0.5) is 0 Å². The Morgan fingerprint density at radius 3 is 2.35 bits per heavy atom. The Kier molecular flexibility index (Phi) is 5.36. The van der Waals surface area contributed by atoms with E-state index in [0.717, 1.165) is 32.0 Å². The molecule has 0 atom stereocenters. The molecule has 4 heteroatoms. The number of benzene rings is 2. The highest BCUT2D eigenvalue weighted by Crippen LogP contribution is 2.30. The summed E-state index contributed by atoms with van der Waals surface area (Å²) in [7, 11) is 2.15. The largest absolute Gasteiger partial charge is 0.358 e. The van der Waals surface area contributed by atoms with E-state index in [0.29, 0.717) is 6.42 Å². The molecule has 0 aliphatic carbocycles. The summed E-state index contributed by atoms with van der Waals surface area (Å²) in [6, 6.07) is 18.9. The Morgan fingerprint density at radius 1 is 0.957 bits per heavy atom. The van der Waals surface area contributed by atoms with E-state index in [1.807, 2.05) is 6.07 Å². The summed E-state index contributed by atoms with van der Waals surface area (Å²) in [5.74, 6) is 0.735. The molecule has 0 saturated carbocycles. The van der Waals surface area contributed by atoms with Gasteiger partial charge in [-0.3, -0.25) is 5.41 Å². The Morgan fingerprint density at radius 2 is 1.61 bits per heavy atom. The zero-order valence-electron chi connectivity index (χ0n) is 13.5. The molecule has 0 bridgehead atoms. The molecule has 0 unspecified atom stereocenters. The molecule has 3 rings (SSSR count). The number of hydrogen-bond acceptors (Lipinski definition) is 3. The van der Waals surface area contributed by atoms with Crippen molar-refractivity contribution in [2.24, 2.45) is 0 Å². The molecule has 1 fully saturated rings. The second-order valence-electron chi connectivity index (χ2n) is 5.94. The first-order chi connectivity index (χ1) is 11.2. The maximum absolute atomic E-state index is 8.46. The molecule has 1 heterocycles. The molecule has 1 N–H and O–H groups in total. The molecular weight excluding hydrogens is 302 g/mol. The van der Waals surface area contributed by atoms with Gasteiger partial charge in [-0.15, -0.1) is 0 Å².